The lowest BCUT2D eigenvalue weighted by Gasteiger charge is -2.06. The Hall–Kier alpha value is -0.530. The normalized spacial score (nSPS) is 11.0. The van der Waals surface area contributed by atoms with Gasteiger partial charge in [-0.05, 0) is 37.5 Å². The quantitative estimate of drug-likeness (QED) is 0.299. The first kappa shape index (κ1) is 19.5. The van der Waals surface area contributed by atoms with Gasteiger partial charge >= 0.3 is 0 Å². The van der Waals surface area contributed by atoms with Gasteiger partial charge in [0.2, 0.25) is 0 Å². The van der Waals surface area contributed by atoms with E-state index in [1.54, 1.807) is 0 Å². The Morgan fingerprint density at radius 1 is 1.35 bits per heavy atom. The number of halogens is 2. The Kier molecular flexibility index (Phi) is 11.9. The SMILES string of the molecule is CCOCCCN=C(N)NCCc1ccc(Cl)cc1.I. The smallest absolute Gasteiger partial charge is 0.188 e. The van der Waals surface area contributed by atoms with Crippen LogP contribution < -0.4 is 11.1 Å². The van der Waals surface area contributed by atoms with Crippen LogP contribution in [0.1, 0.15) is 18.9 Å². The Labute approximate surface area is 143 Å². The molecule has 0 spiro atoms. The van der Waals surface area contributed by atoms with Crippen LogP contribution >= 0.6 is 35.6 Å². The molecule has 1 aromatic rings. The molecule has 0 aliphatic heterocycles. The van der Waals surface area contributed by atoms with Crippen molar-refractivity contribution >= 4 is 41.5 Å². The Morgan fingerprint density at radius 3 is 2.70 bits per heavy atom. The number of benzene rings is 1. The van der Waals surface area contributed by atoms with Crippen LogP contribution in [0.3, 0.4) is 0 Å². The predicted molar refractivity (Wildman–Crippen MR) is 96.2 cm³/mol. The van der Waals surface area contributed by atoms with Crippen molar-refractivity contribution in [3.05, 3.63) is 34.9 Å². The molecule has 0 fully saturated rings. The van der Waals surface area contributed by atoms with Gasteiger partial charge in [-0.25, -0.2) is 0 Å². The van der Waals surface area contributed by atoms with E-state index in [9.17, 15) is 0 Å². The van der Waals surface area contributed by atoms with Gasteiger partial charge in [0.05, 0.1) is 0 Å². The van der Waals surface area contributed by atoms with Gasteiger partial charge in [-0.1, -0.05) is 23.7 Å². The summed E-state index contributed by atoms with van der Waals surface area (Å²) in [5.74, 6) is 0.491. The molecule has 4 nitrogen and oxygen atoms in total. The van der Waals surface area contributed by atoms with Gasteiger partial charge in [-0.2, -0.15) is 0 Å². The topological polar surface area (TPSA) is 59.6 Å². The van der Waals surface area contributed by atoms with Crippen LogP contribution in [-0.2, 0) is 11.2 Å². The predicted octanol–water partition coefficient (Wildman–Crippen LogP) is 2.83. The third-order valence-electron chi connectivity index (χ3n) is 2.57. The highest BCUT2D eigenvalue weighted by atomic mass is 127. The summed E-state index contributed by atoms with van der Waals surface area (Å²) in [6, 6.07) is 7.81. The van der Waals surface area contributed by atoms with Gasteiger partial charge in [0.15, 0.2) is 5.96 Å². The fourth-order valence-corrected chi connectivity index (χ4v) is 1.68. The van der Waals surface area contributed by atoms with Crippen molar-refractivity contribution in [1.29, 1.82) is 0 Å². The molecule has 114 valence electrons. The van der Waals surface area contributed by atoms with E-state index in [2.05, 4.69) is 10.3 Å². The van der Waals surface area contributed by atoms with Crippen LogP contribution in [0.15, 0.2) is 29.3 Å². The summed E-state index contributed by atoms with van der Waals surface area (Å²) in [6.45, 7) is 4.93. The minimum Gasteiger partial charge on any atom is -0.382 e. The molecule has 1 aromatic carbocycles. The minimum atomic E-state index is 0. The molecular weight excluding hydrogens is 389 g/mol. The van der Waals surface area contributed by atoms with E-state index in [4.69, 9.17) is 22.1 Å². The summed E-state index contributed by atoms with van der Waals surface area (Å²) < 4.78 is 5.22. The van der Waals surface area contributed by atoms with Crippen molar-refractivity contribution in [2.24, 2.45) is 10.7 Å². The largest absolute Gasteiger partial charge is 0.382 e. The van der Waals surface area contributed by atoms with E-state index < -0.39 is 0 Å². The number of hydrogen-bond donors (Lipinski definition) is 2. The summed E-state index contributed by atoms with van der Waals surface area (Å²) in [6.07, 6.45) is 1.79. The van der Waals surface area contributed by atoms with E-state index >= 15 is 0 Å². The molecule has 0 saturated heterocycles. The highest BCUT2D eigenvalue weighted by Crippen LogP contribution is 2.09. The first-order valence-corrected chi connectivity index (χ1v) is 6.96. The molecule has 1 rings (SSSR count). The Morgan fingerprint density at radius 2 is 2.05 bits per heavy atom. The zero-order chi connectivity index (χ0) is 13.9. The van der Waals surface area contributed by atoms with Gasteiger partial charge in [-0.15, -0.1) is 24.0 Å². The van der Waals surface area contributed by atoms with Gasteiger partial charge in [0, 0.05) is 31.3 Å². The molecule has 0 unspecified atom stereocenters. The summed E-state index contributed by atoms with van der Waals surface area (Å²) >= 11 is 5.82. The summed E-state index contributed by atoms with van der Waals surface area (Å²) in [4.78, 5) is 4.22. The summed E-state index contributed by atoms with van der Waals surface area (Å²) in [7, 11) is 0. The second-order valence-corrected chi connectivity index (χ2v) is 4.56. The standard InChI is InChI=1S/C14H22ClN3O.HI/c1-2-19-11-3-9-17-14(16)18-10-8-12-4-6-13(15)7-5-12;/h4-7H,2-3,8-11H2,1H3,(H3,16,17,18);1H. The van der Waals surface area contributed by atoms with Crippen LogP contribution in [-0.4, -0.2) is 32.3 Å². The van der Waals surface area contributed by atoms with Crippen molar-refractivity contribution in [3.8, 4) is 0 Å². The lowest BCUT2D eigenvalue weighted by atomic mass is 10.1. The lowest BCUT2D eigenvalue weighted by Crippen LogP contribution is -2.33. The molecule has 0 aromatic heterocycles. The molecule has 0 aliphatic rings. The number of rotatable bonds is 8. The van der Waals surface area contributed by atoms with Crippen LogP contribution in [0.2, 0.25) is 5.02 Å². The third kappa shape index (κ3) is 9.39. The first-order valence-electron chi connectivity index (χ1n) is 6.58. The second kappa shape index (κ2) is 12.2. The van der Waals surface area contributed by atoms with Crippen molar-refractivity contribution < 1.29 is 4.74 Å². The number of hydrogen-bond acceptors (Lipinski definition) is 2. The fourth-order valence-electron chi connectivity index (χ4n) is 1.55. The highest BCUT2D eigenvalue weighted by Gasteiger charge is 1.95. The zero-order valence-electron chi connectivity index (χ0n) is 11.8. The van der Waals surface area contributed by atoms with Crippen LogP contribution in [0.4, 0.5) is 0 Å². The van der Waals surface area contributed by atoms with Crippen molar-refractivity contribution in [3.63, 3.8) is 0 Å². The lowest BCUT2D eigenvalue weighted by molar-refractivity contribution is 0.146. The number of aliphatic imine (C=N–C) groups is 1. The number of ether oxygens (including phenoxy) is 1. The van der Waals surface area contributed by atoms with Gasteiger partial charge in [-0.3, -0.25) is 4.99 Å². The molecular formula is C14H23ClIN3O. The van der Waals surface area contributed by atoms with E-state index in [0.29, 0.717) is 12.5 Å². The molecule has 0 bridgehead atoms. The molecule has 20 heavy (non-hydrogen) atoms. The van der Waals surface area contributed by atoms with Crippen LogP contribution in [0, 0.1) is 0 Å². The third-order valence-corrected chi connectivity index (χ3v) is 2.82. The maximum Gasteiger partial charge on any atom is 0.188 e. The number of nitrogens with one attached hydrogen (secondary N) is 1. The van der Waals surface area contributed by atoms with E-state index in [1.165, 1.54) is 5.56 Å². The van der Waals surface area contributed by atoms with Crippen molar-refractivity contribution in [2.45, 2.75) is 19.8 Å². The summed E-state index contributed by atoms with van der Waals surface area (Å²) in [5.41, 5.74) is 6.98. The molecule has 0 saturated carbocycles. The second-order valence-electron chi connectivity index (χ2n) is 4.12. The molecule has 6 heteroatoms. The minimum absolute atomic E-state index is 0. The number of nitrogens with two attached hydrogens (primary N) is 1. The zero-order valence-corrected chi connectivity index (χ0v) is 14.9. The molecule has 0 amide bonds. The average molecular weight is 412 g/mol. The fraction of sp³-hybridized carbons (Fsp3) is 0.500. The van der Waals surface area contributed by atoms with Gasteiger partial charge < -0.3 is 15.8 Å². The maximum atomic E-state index is 5.82. The van der Waals surface area contributed by atoms with E-state index in [1.807, 2.05) is 31.2 Å². The number of nitrogens with zero attached hydrogens (tertiary/aromatic N) is 1. The van der Waals surface area contributed by atoms with Gasteiger partial charge in [0.1, 0.15) is 0 Å². The molecule has 0 heterocycles. The summed E-state index contributed by atoms with van der Waals surface area (Å²) in [5, 5.41) is 3.85. The molecule has 3 N–H and O–H groups in total. The first-order chi connectivity index (χ1) is 9.22. The highest BCUT2D eigenvalue weighted by molar-refractivity contribution is 14.0. The number of guanidine groups is 1. The van der Waals surface area contributed by atoms with Crippen LogP contribution in [0.25, 0.3) is 0 Å². The Balaban J connectivity index is 0.00000361. The van der Waals surface area contributed by atoms with E-state index in [0.717, 1.165) is 37.6 Å². The van der Waals surface area contributed by atoms with E-state index in [-0.39, 0.29) is 24.0 Å². The van der Waals surface area contributed by atoms with Crippen molar-refractivity contribution in [1.82, 2.24) is 5.32 Å². The molecule has 0 radical (unpaired) electrons. The average Bonchev–Trinajstić information content (AvgIpc) is 2.41. The molecule has 0 aliphatic carbocycles. The van der Waals surface area contributed by atoms with Gasteiger partial charge in [0.25, 0.3) is 0 Å². The maximum absolute atomic E-state index is 5.82. The monoisotopic (exact) mass is 411 g/mol. The van der Waals surface area contributed by atoms with Crippen molar-refractivity contribution in [2.75, 3.05) is 26.3 Å². The molecule has 0 atom stereocenters. The van der Waals surface area contributed by atoms with Crippen LogP contribution in [0.5, 0.6) is 0 Å². The Bertz CT molecular complexity index is 385.